The van der Waals surface area contributed by atoms with Crippen LogP contribution in [0.5, 0.6) is 5.75 Å². The summed E-state index contributed by atoms with van der Waals surface area (Å²) in [7, 11) is 2.91. The number of benzene rings is 1. The lowest BCUT2D eigenvalue weighted by Gasteiger charge is -2.37. The number of esters is 1. The third kappa shape index (κ3) is 5.77. The molecule has 2 N–H and O–H groups in total. The Morgan fingerprint density at radius 3 is 2.50 bits per heavy atom. The number of amides is 1. The molecule has 1 fully saturated rings. The van der Waals surface area contributed by atoms with Gasteiger partial charge in [0.25, 0.3) is 0 Å². The van der Waals surface area contributed by atoms with Crippen molar-refractivity contribution in [1.29, 1.82) is 0 Å². The monoisotopic (exact) mass is 461 g/mol. The molecule has 1 amide bonds. The summed E-state index contributed by atoms with van der Waals surface area (Å²) in [6.07, 6.45) is -0.182. The topological polar surface area (TPSA) is 108 Å². The smallest absolute Gasteiger partial charge is 0.350 e. The van der Waals surface area contributed by atoms with Gasteiger partial charge in [0.1, 0.15) is 10.6 Å². The van der Waals surface area contributed by atoms with Gasteiger partial charge in [0, 0.05) is 39.1 Å². The number of nitrogens with one attached hydrogen (secondary N) is 1. The molecule has 32 heavy (non-hydrogen) atoms. The second-order valence-electron chi connectivity index (χ2n) is 7.40. The lowest BCUT2D eigenvalue weighted by Crippen LogP contribution is -2.49. The lowest BCUT2D eigenvalue weighted by atomic mass is 10.0. The van der Waals surface area contributed by atoms with Gasteiger partial charge in [-0.25, -0.2) is 4.79 Å². The molecule has 1 unspecified atom stereocenters. The Labute approximate surface area is 190 Å². The molecule has 1 aliphatic heterocycles. The van der Waals surface area contributed by atoms with Crippen molar-refractivity contribution in [3.8, 4) is 5.75 Å². The Hall–Kier alpha value is -3.11. The zero-order chi connectivity index (χ0) is 23.1. The van der Waals surface area contributed by atoms with Crippen LogP contribution in [-0.2, 0) is 14.3 Å². The van der Waals surface area contributed by atoms with E-state index in [0.717, 1.165) is 35.9 Å². The number of methoxy groups -OCH3 is 2. The van der Waals surface area contributed by atoms with E-state index in [9.17, 15) is 19.5 Å². The Morgan fingerprint density at radius 1 is 1.12 bits per heavy atom. The minimum absolute atomic E-state index is 0.182. The summed E-state index contributed by atoms with van der Waals surface area (Å²) in [5, 5.41) is 14.0. The van der Waals surface area contributed by atoms with Crippen molar-refractivity contribution in [2.45, 2.75) is 6.42 Å². The van der Waals surface area contributed by atoms with Gasteiger partial charge >= 0.3 is 11.9 Å². The molecule has 0 aliphatic carbocycles. The van der Waals surface area contributed by atoms with Gasteiger partial charge in [-0.1, -0.05) is 12.1 Å². The number of thiophene rings is 1. The molecule has 1 aliphatic rings. The number of carbonyl (C=O) groups excluding carboxylic acids is 2. The first kappa shape index (κ1) is 23.6. The summed E-state index contributed by atoms with van der Waals surface area (Å²) < 4.78 is 10.1. The third-order valence-corrected chi connectivity index (χ3v) is 6.26. The summed E-state index contributed by atoms with van der Waals surface area (Å²) in [5.41, 5.74) is 1.35. The first-order valence-electron chi connectivity index (χ1n) is 10.2. The zero-order valence-corrected chi connectivity index (χ0v) is 18.9. The molecule has 9 nitrogen and oxygen atoms in total. The number of para-hydroxylation sites is 2. The van der Waals surface area contributed by atoms with Gasteiger partial charge in [0.2, 0.25) is 5.91 Å². The van der Waals surface area contributed by atoms with Gasteiger partial charge in [-0.3, -0.25) is 14.5 Å². The molecule has 0 saturated carbocycles. The number of rotatable bonds is 9. The quantitative estimate of drug-likeness (QED) is 0.548. The van der Waals surface area contributed by atoms with Gasteiger partial charge in [0.15, 0.2) is 0 Å². The van der Waals surface area contributed by atoms with Crippen molar-refractivity contribution in [3.63, 3.8) is 0 Å². The van der Waals surface area contributed by atoms with E-state index >= 15 is 0 Å². The summed E-state index contributed by atoms with van der Waals surface area (Å²) in [6, 6.07) is 9.40. The number of carboxylic acids is 1. The lowest BCUT2D eigenvalue weighted by molar-refractivity contribution is -0.144. The van der Waals surface area contributed by atoms with Crippen LogP contribution in [-0.4, -0.2) is 74.8 Å². The summed E-state index contributed by atoms with van der Waals surface area (Å²) in [5.74, 6) is -2.06. The molecule has 1 aromatic heterocycles. The van der Waals surface area contributed by atoms with E-state index in [1.54, 1.807) is 18.6 Å². The van der Waals surface area contributed by atoms with Crippen LogP contribution in [0.15, 0.2) is 35.7 Å². The van der Waals surface area contributed by atoms with Crippen LogP contribution in [0.2, 0.25) is 0 Å². The van der Waals surface area contributed by atoms with Crippen molar-refractivity contribution in [1.82, 2.24) is 4.90 Å². The van der Waals surface area contributed by atoms with E-state index in [4.69, 9.17) is 9.47 Å². The van der Waals surface area contributed by atoms with Crippen LogP contribution >= 0.6 is 11.3 Å². The minimum Gasteiger partial charge on any atom is -0.495 e. The standard InChI is InChI=1S/C22H27N3O6S/c1-30-18-6-4-3-5-17(18)25-10-8-24(9-11-25)14-15(21(27)28)13-19(26)23-16-7-12-32-20(16)22(29)31-2/h3-7,12,15H,8-11,13-14H2,1-2H3,(H,23,26)(H,27,28). The maximum Gasteiger partial charge on any atom is 0.350 e. The van der Waals surface area contributed by atoms with Crippen LogP contribution in [0.4, 0.5) is 11.4 Å². The summed E-state index contributed by atoms with van der Waals surface area (Å²) in [6.45, 7) is 3.10. The maximum absolute atomic E-state index is 12.5. The second-order valence-corrected chi connectivity index (χ2v) is 8.32. The molecule has 1 saturated heterocycles. The Bertz CT molecular complexity index is 955. The zero-order valence-electron chi connectivity index (χ0n) is 18.1. The van der Waals surface area contributed by atoms with E-state index in [1.165, 1.54) is 7.11 Å². The van der Waals surface area contributed by atoms with Crippen molar-refractivity contribution >= 4 is 40.6 Å². The number of carbonyl (C=O) groups is 3. The molecule has 1 atom stereocenters. The largest absolute Gasteiger partial charge is 0.495 e. The highest BCUT2D eigenvalue weighted by Gasteiger charge is 2.27. The van der Waals surface area contributed by atoms with Crippen molar-refractivity contribution < 1.29 is 29.0 Å². The second kappa shape index (κ2) is 11.0. The number of hydrogen-bond acceptors (Lipinski definition) is 8. The van der Waals surface area contributed by atoms with Crippen LogP contribution < -0.4 is 15.0 Å². The fourth-order valence-electron chi connectivity index (χ4n) is 3.69. The molecular weight excluding hydrogens is 434 g/mol. The average Bonchev–Trinajstić information content (AvgIpc) is 3.26. The number of ether oxygens (including phenoxy) is 2. The Morgan fingerprint density at radius 2 is 1.84 bits per heavy atom. The number of piperazine rings is 1. The van der Waals surface area contributed by atoms with E-state index in [0.29, 0.717) is 18.8 Å². The molecular formula is C22H27N3O6S. The molecule has 172 valence electrons. The highest BCUT2D eigenvalue weighted by molar-refractivity contribution is 7.12. The molecule has 0 bridgehead atoms. The van der Waals surface area contributed by atoms with E-state index in [1.807, 2.05) is 24.3 Å². The predicted molar refractivity (Wildman–Crippen MR) is 122 cm³/mol. The number of carboxylic acid groups (broad SMARTS) is 1. The van der Waals surface area contributed by atoms with Crippen molar-refractivity contribution in [2.75, 3.05) is 57.2 Å². The molecule has 2 aromatic rings. The van der Waals surface area contributed by atoms with Crippen molar-refractivity contribution in [2.24, 2.45) is 5.92 Å². The molecule has 0 spiro atoms. The minimum atomic E-state index is -1.02. The first-order chi connectivity index (χ1) is 15.4. The van der Waals surface area contributed by atoms with E-state index in [2.05, 4.69) is 15.1 Å². The van der Waals surface area contributed by atoms with Gasteiger partial charge in [-0.05, 0) is 23.6 Å². The van der Waals surface area contributed by atoms with Gasteiger partial charge in [-0.2, -0.15) is 0 Å². The first-order valence-corrected chi connectivity index (χ1v) is 11.1. The number of hydrogen-bond donors (Lipinski definition) is 2. The van der Waals surface area contributed by atoms with Crippen molar-refractivity contribution in [3.05, 3.63) is 40.6 Å². The van der Waals surface area contributed by atoms with Gasteiger partial charge in [0.05, 0.1) is 31.5 Å². The normalized spacial score (nSPS) is 15.1. The van der Waals surface area contributed by atoms with E-state index in [-0.39, 0.29) is 17.8 Å². The summed E-state index contributed by atoms with van der Waals surface area (Å²) >= 11 is 1.15. The fourth-order valence-corrected chi connectivity index (χ4v) is 4.45. The highest BCUT2D eigenvalue weighted by Crippen LogP contribution is 2.28. The molecule has 0 radical (unpaired) electrons. The van der Waals surface area contributed by atoms with Gasteiger partial charge < -0.3 is 24.8 Å². The molecule has 10 heteroatoms. The SMILES string of the molecule is COC(=O)c1sccc1NC(=O)CC(CN1CCN(c2ccccc2OC)CC1)C(=O)O. The Balaban J connectivity index is 1.55. The van der Waals surface area contributed by atoms with Gasteiger partial charge in [-0.15, -0.1) is 11.3 Å². The molecule has 2 heterocycles. The molecule has 3 rings (SSSR count). The number of aliphatic carboxylic acids is 1. The van der Waals surface area contributed by atoms with E-state index < -0.39 is 23.8 Å². The summed E-state index contributed by atoms with van der Waals surface area (Å²) in [4.78, 5) is 40.6. The maximum atomic E-state index is 12.5. The average molecular weight is 462 g/mol. The van der Waals surface area contributed by atoms with Crippen LogP contribution in [0.1, 0.15) is 16.1 Å². The Kier molecular flexibility index (Phi) is 8.07. The van der Waals surface area contributed by atoms with Crippen LogP contribution in [0.25, 0.3) is 0 Å². The molecule has 1 aromatic carbocycles. The highest BCUT2D eigenvalue weighted by atomic mass is 32.1. The predicted octanol–water partition coefficient (Wildman–Crippen LogP) is 2.39. The fraction of sp³-hybridized carbons (Fsp3) is 0.409. The third-order valence-electron chi connectivity index (χ3n) is 5.37. The van der Waals surface area contributed by atoms with Crippen LogP contribution in [0, 0.1) is 5.92 Å². The number of anilines is 2. The number of nitrogens with zero attached hydrogens (tertiary/aromatic N) is 2. The van der Waals surface area contributed by atoms with Crippen LogP contribution in [0.3, 0.4) is 0 Å².